The zero-order valence-corrected chi connectivity index (χ0v) is 11.2. The third-order valence-electron chi connectivity index (χ3n) is 2.46. The lowest BCUT2D eigenvalue weighted by molar-refractivity contribution is -0.117. The minimum atomic E-state index is -0.330. The molecule has 3 nitrogen and oxygen atoms in total. The Labute approximate surface area is 115 Å². The Bertz CT molecular complexity index is 553. The van der Waals surface area contributed by atoms with E-state index in [4.69, 9.17) is 17.3 Å². The van der Waals surface area contributed by atoms with E-state index in [9.17, 15) is 4.79 Å². The molecule has 0 aliphatic heterocycles. The summed E-state index contributed by atoms with van der Waals surface area (Å²) in [6.45, 7) is 0.688. The van der Waals surface area contributed by atoms with Crippen molar-refractivity contribution in [3.63, 3.8) is 0 Å². The number of nitrogens with two attached hydrogens (primary N) is 1. The van der Waals surface area contributed by atoms with Crippen LogP contribution in [0.5, 0.6) is 0 Å². The molecule has 0 saturated carbocycles. The van der Waals surface area contributed by atoms with Gasteiger partial charge in [0, 0.05) is 22.5 Å². The van der Waals surface area contributed by atoms with Gasteiger partial charge in [-0.1, -0.05) is 29.8 Å². The monoisotopic (exact) mass is 280 g/mol. The molecule has 94 valence electrons. The van der Waals surface area contributed by atoms with Gasteiger partial charge in [-0.25, -0.2) is 0 Å². The predicted molar refractivity (Wildman–Crippen MR) is 76.0 cm³/mol. The summed E-state index contributed by atoms with van der Waals surface area (Å²) in [6, 6.07) is 9.58. The molecule has 2 aromatic rings. The van der Waals surface area contributed by atoms with Crippen molar-refractivity contribution in [2.75, 3.05) is 5.32 Å². The number of carbonyl (C=O) groups excluding carboxylic acids is 1. The van der Waals surface area contributed by atoms with Gasteiger partial charge in [-0.2, -0.15) is 0 Å². The Morgan fingerprint density at radius 1 is 1.39 bits per heavy atom. The van der Waals surface area contributed by atoms with E-state index in [1.807, 2.05) is 35.7 Å². The van der Waals surface area contributed by atoms with Crippen molar-refractivity contribution < 1.29 is 4.79 Å². The van der Waals surface area contributed by atoms with Crippen LogP contribution in [0, 0.1) is 0 Å². The van der Waals surface area contributed by atoms with E-state index in [1.165, 1.54) is 0 Å². The minimum absolute atomic E-state index is 0.244. The Hall–Kier alpha value is -1.52. The fourth-order valence-corrected chi connectivity index (χ4v) is 2.68. The SMILES string of the molecule is NC(=O)Cc1ccccc1NCc1cc(Cl)cs1. The lowest BCUT2D eigenvalue weighted by Gasteiger charge is -2.09. The first kappa shape index (κ1) is 12.9. The summed E-state index contributed by atoms with van der Waals surface area (Å²) >= 11 is 7.47. The molecular formula is C13H13ClN2OS. The molecule has 0 fully saturated rings. The number of nitrogens with one attached hydrogen (secondary N) is 1. The van der Waals surface area contributed by atoms with Crippen LogP contribution >= 0.6 is 22.9 Å². The van der Waals surface area contributed by atoms with Gasteiger partial charge in [-0.3, -0.25) is 4.79 Å². The number of para-hydroxylation sites is 1. The molecule has 5 heteroatoms. The van der Waals surface area contributed by atoms with Crippen LogP contribution in [0.2, 0.25) is 5.02 Å². The van der Waals surface area contributed by atoms with Crippen molar-refractivity contribution >= 4 is 34.5 Å². The van der Waals surface area contributed by atoms with Gasteiger partial charge in [0.05, 0.1) is 11.4 Å². The van der Waals surface area contributed by atoms with E-state index in [0.717, 1.165) is 21.2 Å². The van der Waals surface area contributed by atoms with Crippen molar-refractivity contribution in [3.8, 4) is 0 Å². The molecule has 0 unspecified atom stereocenters. The highest BCUT2D eigenvalue weighted by atomic mass is 35.5. The first-order valence-corrected chi connectivity index (χ1v) is 6.74. The van der Waals surface area contributed by atoms with Crippen LogP contribution in [0.15, 0.2) is 35.7 Å². The van der Waals surface area contributed by atoms with E-state index in [-0.39, 0.29) is 12.3 Å². The molecule has 0 radical (unpaired) electrons. The number of carbonyl (C=O) groups is 1. The van der Waals surface area contributed by atoms with Crippen LogP contribution in [0.4, 0.5) is 5.69 Å². The molecule has 2 rings (SSSR count). The standard InChI is InChI=1S/C13H13ClN2OS/c14-10-6-11(18-8-10)7-16-12-4-2-1-3-9(12)5-13(15)17/h1-4,6,8,16H,5,7H2,(H2,15,17). The molecular weight excluding hydrogens is 268 g/mol. The molecule has 0 aliphatic rings. The van der Waals surface area contributed by atoms with Gasteiger partial charge in [-0.05, 0) is 17.7 Å². The summed E-state index contributed by atoms with van der Waals surface area (Å²) in [6.07, 6.45) is 0.244. The average molecular weight is 281 g/mol. The molecule has 0 saturated heterocycles. The number of hydrogen-bond donors (Lipinski definition) is 2. The second-order valence-electron chi connectivity index (χ2n) is 3.89. The summed E-state index contributed by atoms with van der Waals surface area (Å²) in [7, 11) is 0. The topological polar surface area (TPSA) is 55.1 Å². The minimum Gasteiger partial charge on any atom is -0.380 e. The number of thiophene rings is 1. The van der Waals surface area contributed by atoms with Crippen LogP contribution < -0.4 is 11.1 Å². The highest BCUT2D eigenvalue weighted by Crippen LogP contribution is 2.21. The lowest BCUT2D eigenvalue weighted by atomic mass is 10.1. The predicted octanol–water partition coefficient (Wildman–Crippen LogP) is 3.04. The number of halogens is 1. The molecule has 1 aromatic heterocycles. The van der Waals surface area contributed by atoms with Gasteiger partial charge in [0.2, 0.25) is 5.91 Å². The van der Waals surface area contributed by atoms with Crippen molar-refractivity contribution in [3.05, 3.63) is 51.2 Å². The molecule has 0 bridgehead atoms. The van der Waals surface area contributed by atoms with E-state index in [0.29, 0.717) is 6.54 Å². The van der Waals surface area contributed by atoms with Crippen molar-refractivity contribution in [2.24, 2.45) is 5.73 Å². The highest BCUT2D eigenvalue weighted by Gasteiger charge is 2.05. The van der Waals surface area contributed by atoms with Crippen LogP contribution in [0.3, 0.4) is 0 Å². The summed E-state index contributed by atoms with van der Waals surface area (Å²) < 4.78 is 0. The second kappa shape index (κ2) is 5.89. The summed E-state index contributed by atoms with van der Waals surface area (Å²) in [5.41, 5.74) is 7.06. The number of amides is 1. The van der Waals surface area contributed by atoms with Crippen LogP contribution in [0.1, 0.15) is 10.4 Å². The Morgan fingerprint density at radius 2 is 2.17 bits per heavy atom. The number of hydrogen-bond acceptors (Lipinski definition) is 3. The molecule has 1 amide bonds. The Kier molecular flexibility index (Phi) is 4.23. The Balaban J connectivity index is 2.06. The number of primary amides is 1. The van der Waals surface area contributed by atoms with Gasteiger partial charge in [0.15, 0.2) is 0 Å². The molecule has 3 N–H and O–H groups in total. The zero-order chi connectivity index (χ0) is 13.0. The molecule has 0 spiro atoms. The van der Waals surface area contributed by atoms with Gasteiger partial charge in [0.1, 0.15) is 0 Å². The maximum atomic E-state index is 11.0. The fraction of sp³-hybridized carbons (Fsp3) is 0.154. The summed E-state index contributed by atoms with van der Waals surface area (Å²) in [5.74, 6) is -0.330. The van der Waals surface area contributed by atoms with E-state index in [2.05, 4.69) is 5.32 Å². The van der Waals surface area contributed by atoms with E-state index >= 15 is 0 Å². The first-order chi connectivity index (χ1) is 8.65. The van der Waals surface area contributed by atoms with E-state index in [1.54, 1.807) is 11.3 Å². The van der Waals surface area contributed by atoms with Crippen molar-refractivity contribution in [1.29, 1.82) is 0 Å². The lowest BCUT2D eigenvalue weighted by Crippen LogP contribution is -2.15. The number of anilines is 1. The third-order valence-corrected chi connectivity index (χ3v) is 3.74. The molecule has 0 aliphatic carbocycles. The van der Waals surface area contributed by atoms with Crippen LogP contribution in [-0.2, 0) is 17.8 Å². The second-order valence-corrected chi connectivity index (χ2v) is 5.32. The zero-order valence-electron chi connectivity index (χ0n) is 9.65. The van der Waals surface area contributed by atoms with Crippen molar-refractivity contribution in [2.45, 2.75) is 13.0 Å². The van der Waals surface area contributed by atoms with Gasteiger partial charge < -0.3 is 11.1 Å². The van der Waals surface area contributed by atoms with Gasteiger partial charge in [0.25, 0.3) is 0 Å². The molecule has 1 aromatic carbocycles. The van der Waals surface area contributed by atoms with Crippen molar-refractivity contribution in [1.82, 2.24) is 0 Å². The van der Waals surface area contributed by atoms with Crippen LogP contribution in [0.25, 0.3) is 0 Å². The summed E-state index contributed by atoms with van der Waals surface area (Å²) in [4.78, 5) is 12.1. The average Bonchev–Trinajstić information content (AvgIpc) is 2.73. The third kappa shape index (κ3) is 3.48. The number of benzene rings is 1. The fourth-order valence-electron chi connectivity index (χ4n) is 1.66. The van der Waals surface area contributed by atoms with Gasteiger partial charge in [-0.15, -0.1) is 11.3 Å². The number of rotatable bonds is 5. The first-order valence-electron chi connectivity index (χ1n) is 5.48. The Morgan fingerprint density at radius 3 is 2.83 bits per heavy atom. The molecule has 0 atom stereocenters. The largest absolute Gasteiger partial charge is 0.380 e. The normalized spacial score (nSPS) is 10.3. The summed E-state index contributed by atoms with van der Waals surface area (Å²) in [5, 5.41) is 5.94. The quantitative estimate of drug-likeness (QED) is 0.884. The van der Waals surface area contributed by atoms with Gasteiger partial charge >= 0.3 is 0 Å². The van der Waals surface area contributed by atoms with Crippen LogP contribution in [-0.4, -0.2) is 5.91 Å². The molecule has 1 heterocycles. The van der Waals surface area contributed by atoms with E-state index < -0.39 is 0 Å². The maximum absolute atomic E-state index is 11.0. The highest BCUT2D eigenvalue weighted by molar-refractivity contribution is 7.10. The molecule has 18 heavy (non-hydrogen) atoms. The smallest absolute Gasteiger partial charge is 0.221 e. The maximum Gasteiger partial charge on any atom is 0.221 e.